The van der Waals surface area contributed by atoms with Gasteiger partial charge in [-0.3, -0.25) is 9.59 Å². The van der Waals surface area contributed by atoms with Gasteiger partial charge in [0.2, 0.25) is 11.8 Å². The van der Waals surface area contributed by atoms with Crippen LogP contribution in [0.15, 0.2) is 30.3 Å². The first kappa shape index (κ1) is 18.7. The minimum Gasteiger partial charge on any atom is -0.375 e. The Balaban J connectivity index is 1.40. The summed E-state index contributed by atoms with van der Waals surface area (Å²) in [5.41, 5.74) is 1.25. The fraction of sp³-hybridized carbons (Fsp3) is 0.600. The number of anilines is 1. The van der Waals surface area contributed by atoms with Crippen LogP contribution in [0.2, 0.25) is 0 Å². The first-order valence-electron chi connectivity index (χ1n) is 9.54. The molecule has 6 nitrogen and oxygen atoms in total. The number of piperidine rings is 2. The third-order valence-corrected chi connectivity index (χ3v) is 5.45. The van der Waals surface area contributed by atoms with E-state index >= 15 is 0 Å². The molecular formula is C20H29N3O3. The second kappa shape index (κ2) is 9.03. The van der Waals surface area contributed by atoms with Crippen LogP contribution in [0.5, 0.6) is 0 Å². The number of rotatable bonds is 5. The second-order valence-corrected chi connectivity index (χ2v) is 7.19. The number of ether oxygens (including phenoxy) is 1. The molecule has 26 heavy (non-hydrogen) atoms. The summed E-state index contributed by atoms with van der Waals surface area (Å²) in [5, 5.41) is 3.24. The van der Waals surface area contributed by atoms with E-state index < -0.39 is 0 Å². The highest BCUT2D eigenvalue weighted by molar-refractivity contribution is 5.80. The topological polar surface area (TPSA) is 61.9 Å². The van der Waals surface area contributed by atoms with Crippen molar-refractivity contribution in [2.24, 2.45) is 5.92 Å². The molecule has 142 valence electrons. The molecule has 0 spiro atoms. The molecule has 0 aromatic heterocycles. The van der Waals surface area contributed by atoms with E-state index in [2.05, 4.69) is 34.5 Å². The number of carbonyl (C=O) groups excluding carboxylic acids is 2. The highest BCUT2D eigenvalue weighted by atomic mass is 16.5. The quantitative estimate of drug-likeness (QED) is 0.869. The highest BCUT2D eigenvalue weighted by Gasteiger charge is 2.29. The molecule has 0 radical (unpaired) electrons. The number of nitrogens with one attached hydrogen (secondary N) is 1. The van der Waals surface area contributed by atoms with Crippen molar-refractivity contribution in [1.29, 1.82) is 0 Å². The molecule has 0 aliphatic carbocycles. The lowest BCUT2D eigenvalue weighted by molar-refractivity contribution is -0.138. The van der Waals surface area contributed by atoms with Gasteiger partial charge in [-0.1, -0.05) is 18.2 Å². The molecule has 0 atom stereocenters. The van der Waals surface area contributed by atoms with Gasteiger partial charge < -0.3 is 19.9 Å². The van der Waals surface area contributed by atoms with Gasteiger partial charge in [0.15, 0.2) is 0 Å². The van der Waals surface area contributed by atoms with Crippen molar-refractivity contribution < 1.29 is 14.3 Å². The fourth-order valence-corrected chi connectivity index (χ4v) is 3.85. The summed E-state index contributed by atoms with van der Waals surface area (Å²) in [5.74, 6) is 0.190. The molecule has 0 unspecified atom stereocenters. The predicted octanol–water partition coefficient (Wildman–Crippen LogP) is 1.66. The van der Waals surface area contributed by atoms with Gasteiger partial charge in [0, 0.05) is 50.9 Å². The molecule has 6 heteroatoms. The molecule has 1 aromatic carbocycles. The molecule has 2 heterocycles. The van der Waals surface area contributed by atoms with Crippen LogP contribution in [0.4, 0.5) is 5.69 Å². The summed E-state index contributed by atoms with van der Waals surface area (Å²) in [4.78, 5) is 28.6. The number of benzene rings is 1. The molecule has 2 saturated heterocycles. The van der Waals surface area contributed by atoms with Crippen LogP contribution < -0.4 is 10.2 Å². The van der Waals surface area contributed by atoms with E-state index in [4.69, 9.17) is 4.74 Å². The zero-order chi connectivity index (χ0) is 18.4. The first-order valence-corrected chi connectivity index (χ1v) is 9.54. The summed E-state index contributed by atoms with van der Waals surface area (Å²) in [6, 6.07) is 10.7. The van der Waals surface area contributed by atoms with E-state index in [0.29, 0.717) is 13.1 Å². The minimum atomic E-state index is 0.0136. The van der Waals surface area contributed by atoms with Crippen LogP contribution in [0.25, 0.3) is 0 Å². The zero-order valence-electron chi connectivity index (χ0n) is 15.5. The lowest BCUT2D eigenvalue weighted by Crippen LogP contribution is -2.49. The highest BCUT2D eigenvalue weighted by Crippen LogP contribution is 2.21. The van der Waals surface area contributed by atoms with Gasteiger partial charge >= 0.3 is 0 Å². The van der Waals surface area contributed by atoms with Crippen molar-refractivity contribution in [3.63, 3.8) is 0 Å². The van der Waals surface area contributed by atoms with Crippen LogP contribution in [0, 0.1) is 5.92 Å². The van der Waals surface area contributed by atoms with Gasteiger partial charge in [0.1, 0.15) is 6.61 Å². The number of nitrogens with zero attached hydrogens (tertiary/aromatic N) is 2. The Morgan fingerprint density at radius 2 is 1.69 bits per heavy atom. The lowest BCUT2D eigenvalue weighted by atomic mass is 9.94. The van der Waals surface area contributed by atoms with Crippen molar-refractivity contribution in [3.05, 3.63) is 30.3 Å². The third kappa shape index (κ3) is 4.75. The monoisotopic (exact) mass is 359 g/mol. The molecule has 0 bridgehead atoms. The lowest BCUT2D eigenvalue weighted by Gasteiger charge is -2.36. The predicted molar refractivity (Wildman–Crippen MR) is 101 cm³/mol. The van der Waals surface area contributed by atoms with E-state index in [1.54, 1.807) is 4.90 Å². The molecule has 2 fully saturated rings. The number of hydrogen-bond donors (Lipinski definition) is 1. The van der Waals surface area contributed by atoms with Crippen molar-refractivity contribution >= 4 is 17.5 Å². The number of para-hydroxylation sites is 1. The van der Waals surface area contributed by atoms with Crippen molar-refractivity contribution in [3.8, 4) is 0 Å². The third-order valence-electron chi connectivity index (χ3n) is 5.45. The summed E-state index contributed by atoms with van der Waals surface area (Å²) in [6.45, 7) is 3.36. The average Bonchev–Trinajstić information content (AvgIpc) is 2.69. The Morgan fingerprint density at radius 3 is 2.31 bits per heavy atom. The second-order valence-electron chi connectivity index (χ2n) is 7.19. The zero-order valence-corrected chi connectivity index (χ0v) is 15.5. The number of methoxy groups -OCH3 is 1. The van der Waals surface area contributed by atoms with E-state index in [0.717, 1.165) is 38.8 Å². The molecule has 2 aliphatic rings. The molecule has 2 aliphatic heterocycles. The summed E-state index contributed by atoms with van der Waals surface area (Å²) < 4.78 is 4.90. The Kier molecular flexibility index (Phi) is 6.50. The normalized spacial score (nSPS) is 19.4. The van der Waals surface area contributed by atoms with E-state index in [9.17, 15) is 9.59 Å². The van der Waals surface area contributed by atoms with E-state index in [1.807, 2.05) is 6.07 Å². The molecule has 1 N–H and O–H groups in total. The average molecular weight is 359 g/mol. The van der Waals surface area contributed by atoms with Crippen LogP contribution in [-0.2, 0) is 14.3 Å². The molecule has 2 amide bonds. The Hall–Kier alpha value is -2.08. The maximum Gasteiger partial charge on any atom is 0.248 e. The van der Waals surface area contributed by atoms with Gasteiger partial charge in [-0.2, -0.15) is 0 Å². The Morgan fingerprint density at radius 1 is 1.04 bits per heavy atom. The van der Waals surface area contributed by atoms with Crippen LogP contribution in [0.3, 0.4) is 0 Å². The maximum atomic E-state index is 12.6. The van der Waals surface area contributed by atoms with Crippen LogP contribution in [-0.4, -0.2) is 62.7 Å². The van der Waals surface area contributed by atoms with Gasteiger partial charge in [-0.25, -0.2) is 0 Å². The first-order chi connectivity index (χ1) is 12.7. The number of likely N-dealkylation sites (tertiary alicyclic amines) is 1. The summed E-state index contributed by atoms with van der Waals surface area (Å²) in [7, 11) is 1.53. The fourth-order valence-electron chi connectivity index (χ4n) is 3.85. The van der Waals surface area contributed by atoms with Crippen molar-refractivity contribution in [1.82, 2.24) is 10.2 Å². The van der Waals surface area contributed by atoms with Gasteiger partial charge in [0.05, 0.1) is 0 Å². The van der Waals surface area contributed by atoms with Gasteiger partial charge in [0.25, 0.3) is 0 Å². The molecular weight excluding hydrogens is 330 g/mol. The Bertz CT molecular complexity index is 592. The summed E-state index contributed by atoms with van der Waals surface area (Å²) >= 11 is 0. The van der Waals surface area contributed by atoms with Crippen molar-refractivity contribution in [2.45, 2.75) is 31.7 Å². The minimum absolute atomic E-state index is 0.0136. The van der Waals surface area contributed by atoms with Crippen LogP contribution >= 0.6 is 0 Å². The van der Waals surface area contributed by atoms with Gasteiger partial charge in [-0.05, 0) is 37.8 Å². The van der Waals surface area contributed by atoms with E-state index in [-0.39, 0.29) is 30.4 Å². The molecule has 1 aromatic rings. The van der Waals surface area contributed by atoms with Crippen LogP contribution in [0.1, 0.15) is 25.7 Å². The van der Waals surface area contributed by atoms with Gasteiger partial charge in [-0.15, -0.1) is 0 Å². The number of amides is 2. The molecule has 0 saturated carbocycles. The maximum absolute atomic E-state index is 12.6. The summed E-state index contributed by atoms with van der Waals surface area (Å²) in [6.07, 6.45) is 3.44. The number of hydrogen-bond acceptors (Lipinski definition) is 4. The number of carbonyl (C=O) groups is 2. The SMILES string of the molecule is COCC(=O)N1CCC(C(=O)NC2CCN(c3ccccc3)CC2)CC1. The smallest absolute Gasteiger partial charge is 0.248 e. The largest absolute Gasteiger partial charge is 0.375 e. The molecule has 3 rings (SSSR count). The van der Waals surface area contributed by atoms with E-state index in [1.165, 1.54) is 12.8 Å². The van der Waals surface area contributed by atoms with Crippen molar-refractivity contribution in [2.75, 3.05) is 44.8 Å². The Labute approximate surface area is 155 Å². The standard InChI is InChI=1S/C20H29N3O3/c1-26-15-19(24)23-11-7-16(8-12-23)20(25)21-17-9-13-22(14-10-17)18-5-3-2-4-6-18/h2-6,16-17H,7-15H2,1H3,(H,21,25).